The lowest BCUT2D eigenvalue weighted by molar-refractivity contribution is -0.119. The Kier molecular flexibility index (Phi) is 3.45. The molecule has 4 N–H and O–H groups in total. The first-order valence-corrected chi connectivity index (χ1v) is 4.69. The minimum atomic E-state index is -0.391. The number of benzene rings is 1. The van der Waals surface area contributed by atoms with Crippen LogP contribution < -0.4 is 11.5 Å². The maximum absolute atomic E-state index is 11.0. The molecule has 0 heterocycles. The molecular weight excluding hydrogens is 232 g/mol. The number of hydrogen-bond acceptors (Lipinski definition) is 2. The largest absolute Gasteiger partial charge is 0.369 e. The van der Waals surface area contributed by atoms with Crippen molar-refractivity contribution < 1.29 is 4.79 Å². The van der Waals surface area contributed by atoms with Gasteiger partial charge in [0, 0.05) is 11.0 Å². The second kappa shape index (κ2) is 4.39. The number of carbonyl (C=O) groups is 1. The van der Waals surface area contributed by atoms with Crippen LogP contribution in [0.4, 0.5) is 0 Å². The van der Waals surface area contributed by atoms with Gasteiger partial charge >= 0.3 is 0 Å². The lowest BCUT2D eigenvalue weighted by Gasteiger charge is -2.10. The van der Waals surface area contributed by atoms with Crippen molar-refractivity contribution in [3.05, 3.63) is 34.3 Å². The van der Waals surface area contributed by atoms with Crippen molar-refractivity contribution in [3.63, 3.8) is 0 Å². The number of rotatable bonds is 3. The van der Waals surface area contributed by atoms with E-state index in [9.17, 15) is 4.79 Å². The van der Waals surface area contributed by atoms with E-state index >= 15 is 0 Å². The quantitative estimate of drug-likeness (QED) is 0.830. The Bertz CT molecular complexity index is 314. The van der Waals surface area contributed by atoms with Crippen molar-refractivity contribution in [2.45, 2.75) is 5.92 Å². The van der Waals surface area contributed by atoms with Gasteiger partial charge in [-0.3, -0.25) is 4.79 Å². The van der Waals surface area contributed by atoms with Gasteiger partial charge in [-0.25, -0.2) is 0 Å². The van der Waals surface area contributed by atoms with Crippen molar-refractivity contribution in [2.24, 2.45) is 11.5 Å². The molecule has 0 fully saturated rings. The minimum absolute atomic E-state index is 0.242. The van der Waals surface area contributed by atoms with Crippen LogP contribution >= 0.6 is 15.9 Å². The van der Waals surface area contributed by atoms with Gasteiger partial charge in [0.1, 0.15) is 0 Å². The van der Waals surface area contributed by atoms with Gasteiger partial charge in [0.05, 0.1) is 5.92 Å². The standard InChI is InChI=1S/C9H11BrN2O/c10-7-3-1-2-6(4-7)8(5-11)9(12)13/h1-4,8H,5,11H2,(H2,12,13). The predicted molar refractivity (Wildman–Crippen MR) is 55.1 cm³/mol. The zero-order valence-electron chi connectivity index (χ0n) is 7.03. The van der Waals surface area contributed by atoms with Gasteiger partial charge in [0.2, 0.25) is 5.91 Å². The number of nitrogens with two attached hydrogens (primary N) is 2. The van der Waals surface area contributed by atoms with E-state index in [-0.39, 0.29) is 12.5 Å². The van der Waals surface area contributed by atoms with Gasteiger partial charge in [-0.2, -0.15) is 0 Å². The minimum Gasteiger partial charge on any atom is -0.369 e. The number of hydrogen-bond donors (Lipinski definition) is 2. The fourth-order valence-corrected chi connectivity index (χ4v) is 1.56. The Hall–Kier alpha value is -0.870. The molecule has 0 saturated heterocycles. The normalized spacial score (nSPS) is 12.5. The molecule has 1 rings (SSSR count). The summed E-state index contributed by atoms with van der Waals surface area (Å²) in [4.78, 5) is 11.0. The first kappa shape index (κ1) is 10.2. The number of halogens is 1. The van der Waals surface area contributed by atoms with Crippen molar-refractivity contribution in [3.8, 4) is 0 Å². The third-order valence-corrected chi connectivity index (χ3v) is 2.32. The molecule has 1 atom stereocenters. The van der Waals surface area contributed by atoms with Crippen LogP contribution in [0, 0.1) is 0 Å². The molecule has 4 heteroatoms. The summed E-state index contributed by atoms with van der Waals surface area (Å²) < 4.78 is 0.921. The van der Waals surface area contributed by atoms with Gasteiger partial charge in [-0.1, -0.05) is 28.1 Å². The van der Waals surface area contributed by atoms with Crippen LogP contribution in [0.5, 0.6) is 0 Å². The summed E-state index contributed by atoms with van der Waals surface area (Å²) in [6, 6.07) is 7.43. The lowest BCUT2D eigenvalue weighted by atomic mass is 9.99. The molecule has 0 aliphatic heterocycles. The average Bonchev–Trinajstić information content (AvgIpc) is 2.04. The van der Waals surface area contributed by atoms with Crippen LogP contribution in [0.15, 0.2) is 28.7 Å². The topological polar surface area (TPSA) is 69.1 Å². The molecule has 1 amide bonds. The van der Waals surface area contributed by atoms with Crippen LogP contribution in [0.3, 0.4) is 0 Å². The molecule has 1 unspecified atom stereocenters. The molecule has 1 aromatic rings. The van der Waals surface area contributed by atoms with Crippen LogP contribution in [0.2, 0.25) is 0 Å². The Morgan fingerprint density at radius 3 is 2.69 bits per heavy atom. The molecule has 3 nitrogen and oxygen atoms in total. The first-order valence-electron chi connectivity index (χ1n) is 3.90. The molecule has 0 aromatic heterocycles. The lowest BCUT2D eigenvalue weighted by Crippen LogP contribution is -2.27. The van der Waals surface area contributed by atoms with Gasteiger partial charge in [-0.05, 0) is 17.7 Å². The molecule has 70 valence electrons. The smallest absolute Gasteiger partial charge is 0.226 e. The van der Waals surface area contributed by atoms with Crippen molar-refractivity contribution in [1.29, 1.82) is 0 Å². The second-order valence-corrected chi connectivity index (χ2v) is 3.66. The van der Waals surface area contributed by atoms with Gasteiger partial charge in [0.25, 0.3) is 0 Å². The molecule has 1 aromatic carbocycles. The summed E-state index contributed by atoms with van der Waals surface area (Å²) in [5.74, 6) is -0.780. The van der Waals surface area contributed by atoms with Gasteiger partial charge < -0.3 is 11.5 Å². The van der Waals surface area contributed by atoms with Crippen LogP contribution in [-0.4, -0.2) is 12.5 Å². The summed E-state index contributed by atoms with van der Waals surface area (Å²) in [6.45, 7) is 0.242. The maximum atomic E-state index is 11.0. The highest BCUT2D eigenvalue weighted by Crippen LogP contribution is 2.18. The summed E-state index contributed by atoms with van der Waals surface area (Å²) in [5.41, 5.74) is 11.5. The molecule has 0 bridgehead atoms. The zero-order valence-corrected chi connectivity index (χ0v) is 8.62. The zero-order chi connectivity index (χ0) is 9.84. The van der Waals surface area contributed by atoms with Crippen LogP contribution in [-0.2, 0) is 4.79 Å². The average molecular weight is 243 g/mol. The van der Waals surface area contributed by atoms with E-state index in [0.29, 0.717) is 0 Å². The van der Waals surface area contributed by atoms with E-state index in [4.69, 9.17) is 11.5 Å². The number of primary amides is 1. The van der Waals surface area contributed by atoms with Crippen molar-refractivity contribution in [1.82, 2.24) is 0 Å². The summed E-state index contributed by atoms with van der Waals surface area (Å²) in [6.07, 6.45) is 0. The van der Waals surface area contributed by atoms with Crippen molar-refractivity contribution >= 4 is 21.8 Å². The molecule has 13 heavy (non-hydrogen) atoms. The van der Waals surface area contributed by atoms with E-state index in [1.165, 1.54) is 0 Å². The first-order chi connectivity index (χ1) is 6.15. The van der Waals surface area contributed by atoms with E-state index < -0.39 is 5.92 Å². The Morgan fingerprint density at radius 1 is 1.54 bits per heavy atom. The Labute approximate surface area is 85.2 Å². The third kappa shape index (κ3) is 2.54. The Balaban J connectivity index is 2.98. The summed E-state index contributed by atoms with van der Waals surface area (Å²) in [5, 5.41) is 0. The third-order valence-electron chi connectivity index (χ3n) is 1.83. The second-order valence-electron chi connectivity index (χ2n) is 2.75. The highest BCUT2D eigenvalue weighted by atomic mass is 79.9. The molecule has 0 radical (unpaired) electrons. The SMILES string of the molecule is NCC(C(N)=O)c1cccc(Br)c1. The maximum Gasteiger partial charge on any atom is 0.226 e. The molecular formula is C9H11BrN2O. The molecule has 0 aliphatic rings. The van der Waals surface area contributed by atoms with E-state index in [0.717, 1.165) is 10.0 Å². The van der Waals surface area contributed by atoms with Gasteiger partial charge in [-0.15, -0.1) is 0 Å². The Morgan fingerprint density at radius 2 is 2.23 bits per heavy atom. The molecule has 0 saturated carbocycles. The fraction of sp³-hybridized carbons (Fsp3) is 0.222. The summed E-state index contributed by atoms with van der Waals surface area (Å²) in [7, 11) is 0. The number of carbonyl (C=O) groups excluding carboxylic acids is 1. The van der Waals surface area contributed by atoms with Crippen LogP contribution in [0.25, 0.3) is 0 Å². The fourth-order valence-electron chi connectivity index (χ4n) is 1.14. The number of amides is 1. The predicted octanol–water partition coefficient (Wildman–Crippen LogP) is 0.977. The summed E-state index contributed by atoms with van der Waals surface area (Å²) >= 11 is 3.32. The highest BCUT2D eigenvalue weighted by molar-refractivity contribution is 9.10. The molecule has 0 aliphatic carbocycles. The highest BCUT2D eigenvalue weighted by Gasteiger charge is 2.15. The van der Waals surface area contributed by atoms with E-state index in [2.05, 4.69) is 15.9 Å². The van der Waals surface area contributed by atoms with Crippen LogP contribution in [0.1, 0.15) is 11.5 Å². The monoisotopic (exact) mass is 242 g/mol. The molecule has 0 spiro atoms. The van der Waals surface area contributed by atoms with Gasteiger partial charge in [0.15, 0.2) is 0 Å². The van der Waals surface area contributed by atoms with E-state index in [1.807, 2.05) is 24.3 Å². The van der Waals surface area contributed by atoms with E-state index in [1.54, 1.807) is 0 Å². The van der Waals surface area contributed by atoms with Crippen molar-refractivity contribution in [2.75, 3.05) is 6.54 Å².